The van der Waals surface area contributed by atoms with E-state index in [0.717, 1.165) is 48.2 Å². The second-order valence-electron chi connectivity index (χ2n) is 5.45. The second kappa shape index (κ2) is 8.11. The van der Waals surface area contributed by atoms with Crippen LogP contribution in [0.1, 0.15) is 17.5 Å². The van der Waals surface area contributed by atoms with Crippen molar-refractivity contribution in [2.75, 3.05) is 27.3 Å². The number of thioether (sulfide) groups is 1. The summed E-state index contributed by atoms with van der Waals surface area (Å²) >= 11 is 1.79. The Morgan fingerprint density at radius 2 is 1.96 bits per heavy atom. The number of benzene rings is 2. The lowest BCUT2D eigenvalue weighted by Crippen LogP contribution is -2.30. The van der Waals surface area contributed by atoms with Gasteiger partial charge in [0.05, 0.1) is 14.2 Å². The van der Waals surface area contributed by atoms with Gasteiger partial charge in [-0.3, -0.25) is 4.99 Å². The van der Waals surface area contributed by atoms with Crippen molar-refractivity contribution in [3.05, 3.63) is 53.6 Å². The largest absolute Gasteiger partial charge is 0.493 e. The molecule has 0 unspecified atom stereocenters. The van der Waals surface area contributed by atoms with E-state index < -0.39 is 0 Å². The molecule has 0 spiro atoms. The van der Waals surface area contributed by atoms with Crippen LogP contribution in [0.2, 0.25) is 0 Å². The number of aliphatic imine (C=N–C) groups is 1. The molecule has 0 saturated carbocycles. The molecule has 0 amide bonds. The van der Waals surface area contributed by atoms with Crippen LogP contribution in [0.25, 0.3) is 0 Å². The summed E-state index contributed by atoms with van der Waals surface area (Å²) in [6.45, 7) is 1.88. The Labute approximate surface area is 147 Å². The molecular weight excluding hydrogens is 320 g/mol. The summed E-state index contributed by atoms with van der Waals surface area (Å²) in [6, 6.07) is 14.4. The van der Waals surface area contributed by atoms with Gasteiger partial charge >= 0.3 is 0 Å². The molecule has 4 nitrogen and oxygen atoms in total. The Bertz CT molecular complexity index is 731. The maximum Gasteiger partial charge on any atom is 0.164 e. The van der Waals surface area contributed by atoms with Gasteiger partial charge in [-0.15, -0.1) is 11.8 Å². The minimum absolute atomic E-state index is 0.766. The van der Waals surface area contributed by atoms with Gasteiger partial charge in [0.25, 0.3) is 0 Å². The number of nitrogens with one attached hydrogen (secondary N) is 1. The van der Waals surface area contributed by atoms with Crippen molar-refractivity contribution in [2.45, 2.75) is 17.1 Å². The molecule has 0 radical (unpaired) electrons. The SMILES string of the molecule is COc1cccc(CSc2ccccc2C2=NCCCN2)c1OC. The van der Waals surface area contributed by atoms with Gasteiger partial charge in [-0.1, -0.05) is 30.3 Å². The lowest BCUT2D eigenvalue weighted by atomic mass is 10.2. The predicted molar refractivity (Wildman–Crippen MR) is 99.6 cm³/mol. The summed E-state index contributed by atoms with van der Waals surface area (Å²) in [7, 11) is 3.34. The van der Waals surface area contributed by atoms with E-state index in [2.05, 4.69) is 40.6 Å². The molecular formula is C19H22N2O2S. The fourth-order valence-corrected chi connectivity index (χ4v) is 3.76. The van der Waals surface area contributed by atoms with E-state index in [4.69, 9.17) is 9.47 Å². The average Bonchev–Trinajstić information content (AvgIpc) is 2.66. The first-order valence-electron chi connectivity index (χ1n) is 8.04. The summed E-state index contributed by atoms with van der Waals surface area (Å²) in [6.07, 6.45) is 1.10. The smallest absolute Gasteiger partial charge is 0.164 e. The number of rotatable bonds is 6. The van der Waals surface area contributed by atoms with Gasteiger partial charge in [0.15, 0.2) is 11.5 Å². The standard InChI is InChI=1S/C19H22N2O2S/c1-22-16-9-5-7-14(18(16)23-2)13-24-17-10-4-3-8-15(17)19-20-11-6-12-21-19/h3-5,7-10H,6,11-13H2,1-2H3,(H,20,21). The maximum absolute atomic E-state index is 5.53. The third kappa shape index (κ3) is 3.67. The molecule has 126 valence electrons. The fourth-order valence-electron chi connectivity index (χ4n) is 2.72. The van der Waals surface area contributed by atoms with Gasteiger partial charge in [0, 0.05) is 34.9 Å². The van der Waals surface area contributed by atoms with Gasteiger partial charge in [0.2, 0.25) is 0 Å². The molecule has 1 N–H and O–H groups in total. The highest BCUT2D eigenvalue weighted by molar-refractivity contribution is 7.98. The molecule has 0 saturated heterocycles. The number of hydrogen-bond donors (Lipinski definition) is 1. The zero-order valence-electron chi connectivity index (χ0n) is 14.0. The lowest BCUT2D eigenvalue weighted by molar-refractivity contribution is 0.352. The number of methoxy groups -OCH3 is 2. The minimum atomic E-state index is 0.766. The molecule has 0 bridgehead atoms. The van der Waals surface area contributed by atoms with Gasteiger partial charge < -0.3 is 14.8 Å². The van der Waals surface area contributed by atoms with Crippen molar-refractivity contribution in [2.24, 2.45) is 4.99 Å². The van der Waals surface area contributed by atoms with Crippen LogP contribution in [0.4, 0.5) is 0 Å². The van der Waals surface area contributed by atoms with Crippen LogP contribution in [0, 0.1) is 0 Å². The Morgan fingerprint density at radius 1 is 1.08 bits per heavy atom. The van der Waals surface area contributed by atoms with Gasteiger partial charge in [-0.25, -0.2) is 0 Å². The quantitative estimate of drug-likeness (QED) is 0.812. The molecule has 24 heavy (non-hydrogen) atoms. The van der Waals surface area contributed by atoms with E-state index in [1.54, 1.807) is 26.0 Å². The second-order valence-corrected chi connectivity index (χ2v) is 6.47. The number of para-hydroxylation sites is 1. The average molecular weight is 342 g/mol. The van der Waals surface area contributed by atoms with Crippen LogP contribution < -0.4 is 14.8 Å². The monoisotopic (exact) mass is 342 g/mol. The molecule has 1 aliphatic rings. The summed E-state index contributed by atoms with van der Waals surface area (Å²) in [5.74, 6) is 3.38. The number of hydrogen-bond acceptors (Lipinski definition) is 5. The van der Waals surface area contributed by atoms with Crippen molar-refractivity contribution < 1.29 is 9.47 Å². The molecule has 0 atom stereocenters. The van der Waals surface area contributed by atoms with Gasteiger partial charge in [-0.05, 0) is 18.6 Å². The van der Waals surface area contributed by atoms with E-state index >= 15 is 0 Å². The fraction of sp³-hybridized carbons (Fsp3) is 0.316. The van der Waals surface area contributed by atoms with Crippen molar-refractivity contribution in [1.82, 2.24) is 5.32 Å². The Kier molecular flexibility index (Phi) is 5.64. The summed E-state index contributed by atoms with van der Waals surface area (Å²) in [5.41, 5.74) is 2.29. The Balaban J connectivity index is 1.82. The molecule has 0 fully saturated rings. The minimum Gasteiger partial charge on any atom is -0.493 e. The van der Waals surface area contributed by atoms with Crippen LogP contribution in [-0.2, 0) is 5.75 Å². The molecule has 2 aromatic carbocycles. The molecule has 0 aromatic heterocycles. The van der Waals surface area contributed by atoms with Crippen LogP contribution in [-0.4, -0.2) is 33.1 Å². The maximum atomic E-state index is 5.53. The summed E-state index contributed by atoms with van der Waals surface area (Å²) < 4.78 is 10.9. The van der Waals surface area contributed by atoms with E-state index in [1.807, 2.05) is 12.1 Å². The van der Waals surface area contributed by atoms with Crippen molar-refractivity contribution in [1.29, 1.82) is 0 Å². The molecule has 0 aliphatic carbocycles. The zero-order valence-corrected chi connectivity index (χ0v) is 14.9. The first kappa shape index (κ1) is 16.7. The van der Waals surface area contributed by atoms with Crippen LogP contribution in [0.15, 0.2) is 52.4 Å². The third-order valence-electron chi connectivity index (χ3n) is 3.91. The number of ether oxygens (including phenoxy) is 2. The highest BCUT2D eigenvalue weighted by Crippen LogP contribution is 2.35. The molecule has 1 heterocycles. The summed E-state index contributed by atoms with van der Waals surface area (Å²) in [4.78, 5) is 5.84. The normalized spacial score (nSPS) is 13.8. The third-order valence-corrected chi connectivity index (χ3v) is 5.03. The lowest BCUT2D eigenvalue weighted by Gasteiger charge is -2.17. The molecule has 2 aromatic rings. The Morgan fingerprint density at radius 3 is 2.71 bits per heavy atom. The number of nitrogens with zero attached hydrogens (tertiary/aromatic N) is 1. The topological polar surface area (TPSA) is 42.8 Å². The van der Waals surface area contributed by atoms with Crippen LogP contribution in [0.3, 0.4) is 0 Å². The number of amidine groups is 1. The van der Waals surface area contributed by atoms with E-state index in [1.165, 1.54) is 10.5 Å². The highest BCUT2D eigenvalue weighted by Gasteiger charge is 2.14. The van der Waals surface area contributed by atoms with Crippen molar-refractivity contribution in [3.8, 4) is 11.5 Å². The van der Waals surface area contributed by atoms with Gasteiger partial charge in [-0.2, -0.15) is 0 Å². The first-order valence-corrected chi connectivity index (χ1v) is 9.02. The van der Waals surface area contributed by atoms with E-state index in [9.17, 15) is 0 Å². The zero-order chi connectivity index (χ0) is 16.8. The van der Waals surface area contributed by atoms with Gasteiger partial charge in [0.1, 0.15) is 5.84 Å². The van der Waals surface area contributed by atoms with Crippen LogP contribution >= 0.6 is 11.8 Å². The highest BCUT2D eigenvalue weighted by atomic mass is 32.2. The van der Waals surface area contributed by atoms with E-state index in [-0.39, 0.29) is 0 Å². The summed E-state index contributed by atoms with van der Waals surface area (Å²) in [5, 5.41) is 3.41. The van der Waals surface area contributed by atoms with Crippen molar-refractivity contribution in [3.63, 3.8) is 0 Å². The first-order chi connectivity index (χ1) is 11.8. The molecule has 3 rings (SSSR count). The van der Waals surface area contributed by atoms with Crippen LogP contribution in [0.5, 0.6) is 11.5 Å². The predicted octanol–water partition coefficient (Wildman–Crippen LogP) is 3.74. The molecule has 1 aliphatic heterocycles. The Hall–Kier alpha value is -2.14. The van der Waals surface area contributed by atoms with E-state index in [0.29, 0.717) is 0 Å². The van der Waals surface area contributed by atoms with Crippen molar-refractivity contribution >= 4 is 17.6 Å². The molecule has 5 heteroatoms.